The summed E-state index contributed by atoms with van der Waals surface area (Å²) in [6.07, 6.45) is 0. The summed E-state index contributed by atoms with van der Waals surface area (Å²) in [7, 11) is 1.26. The Bertz CT molecular complexity index is 799. The second-order valence-electron chi connectivity index (χ2n) is 4.90. The van der Waals surface area contributed by atoms with Crippen molar-refractivity contribution >= 4 is 11.8 Å². The number of esters is 1. The minimum Gasteiger partial charge on any atom is -0.465 e. The zero-order valence-electron chi connectivity index (χ0n) is 13.0. The Morgan fingerprint density at radius 3 is 2.78 bits per heavy atom. The zero-order chi connectivity index (χ0) is 17.0. The molecule has 0 saturated heterocycles. The van der Waals surface area contributed by atoms with Gasteiger partial charge in [0, 0.05) is 12.1 Å². The van der Waals surface area contributed by atoms with Gasteiger partial charge in [0.25, 0.3) is 0 Å². The van der Waals surface area contributed by atoms with Gasteiger partial charge in [0.2, 0.25) is 0 Å². The van der Waals surface area contributed by atoms with Crippen LogP contribution in [0.4, 0.5) is 10.2 Å². The molecule has 1 aromatic carbocycles. The first-order chi connectivity index (χ1) is 11.0. The fourth-order valence-electron chi connectivity index (χ4n) is 2.00. The van der Waals surface area contributed by atoms with Gasteiger partial charge in [-0.2, -0.15) is 10.4 Å². The molecule has 1 N–H and O–H groups in total. The molecule has 0 aliphatic heterocycles. The molecule has 0 unspecified atom stereocenters. The van der Waals surface area contributed by atoms with E-state index in [2.05, 4.69) is 26.3 Å². The Balaban J connectivity index is 2.27. The van der Waals surface area contributed by atoms with Crippen LogP contribution in [-0.2, 0) is 11.3 Å². The highest BCUT2D eigenvalue weighted by Crippen LogP contribution is 2.19. The molecule has 2 aromatic rings. The maximum Gasteiger partial charge on any atom is 0.337 e. The summed E-state index contributed by atoms with van der Waals surface area (Å²) in [6, 6.07) is 6.00. The molecule has 1 aromatic heterocycles. The largest absolute Gasteiger partial charge is 0.465 e. The van der Waals surface area contributed by atoms with Crippen LogP contribution >= 0.6 is 0 Å². The SMILES string of the molecule is COC(=O)c1ccc(F)c(CNc2nnc(C)c(C)c2C#N)c1. The molecule has 118 valence electrons. The zero-order valence-corrected chi connectivity index (χ0v) is 13.0. The second kappa shape index (κ2) is 6.83. The normalized spacial score (nSPS) is 10.0. The second-order valence-corrected chi connectivity index (χ2v) is 4.90. The molecule has 0 fully saturated rings. The number of methoxy groups -OCH3 is 1. The Morgan fingerprint density at radius 1 is 1.39 bits per heavy atom. The Hall–Kier alpha value is -3.01. The van der Waals surface area contributed by atoms with Crippen LogP contribution in [0.2, 0.25) is 0 Å². The molecular weight excluding hydrogens is 299 g/mol. The van der Waals surface area contributed by atoms with Crippen molar-refractivity contribution in [3.05, 3.63) is 52.0 Å². The minimum absolute atomic E-state index is 0.0581. The topological polar surface area (TPSA) is 87.9 Å². The van der Waals surface area contributed by atoms with Gasteiger partial charge in [0.15, 0.2) is 5.82 Å². The van der Waals surface area contributed by atoms with Gasteiger partial charge in [-0.25, -0.2) is 9.18 Å². The fraction of sp³-hybridized carbons (Fsp3) is 0.250. The molecule has 2 rings (SSSR count). The van der Waals surface area contributed by atoms with E-state index in [0.717, 1.165) is 0 Å². The lowest BCUT2D eigenvalue weighted by molar-refractivity contribution is 0.0600. The van der Waals surface area contributed by atoms with Gasteiger partial charge in [-0.15, -0.1) is 5.10 Å². The number of rotatable bonds is 4. The van der Waals surface area contributed by atoms with E-state index < -0.39 is 11.8 Å². The van der Waals surface area contributed by atoms with Gasteiger partial charge in [-0.1, -0.05) is 0 Å². The first-order valence-corrected chi connectivity index (χ1v) is 6.82. The number of benzene rings is 1. The predicted octanol–water partition coefficient (Wildman–Crippen LogP) is 2.50. The van der Waals surface area contributed by atoms with E-state index in [4.69, 9.17) is 0 Å². The summed E-state index contributed by atoms with van der Waals surface area (Å²) in [5.74, 6) is -0.742. The number of nitrogens with zero attached hydrogens (tertiary/aromatic N) is 3. The van der Waals surface area contributed by atoms with Crippen LogP contribution in [0, 0.1) is 31.0 Å². The average Bonchev–Trinajstić information content (AvgIpc) is 2.56. The third kappa shape index (κ3) is 3.43. The molecule has 23 heavy (non-hydrogen) atoms. The van der Waals surface area contributed by atoms with Gasteiger partial charge in [0.1, 0.15) is 17.4 Å². The number of nitrogens with one attached hydrogen (secondary N) is 1. The number of carbonyl (C=O) groups excluding carboxylic acids is 1. The average molecular weight is 314 g/mol. The molecule has 0 aliphatic rings. The molecule has 0 saturated carbocycles. The molecular formula is C16H15FN4O2. The van der Waals surface area contributed by atoms with Crippen molar-refractivity contribution in [3.8, 4) is 6.07 Å². The van der Waals surface area contributed by atoms with Gasteiger partial charge in [-0.05, 0) is 37.6 Å². The molecule has 0 bridgehead atoms. The van der Waals surface area contributed by atoms with Crippen LogP contribution in [0.5, 0.6) is 0 Å². The van der Waals surface area contributed by atoms with Gasteiger partial charge < -0.3 is 10.1 Å². The summed E-state index contributed by atoms with van der Waals surface area (Å²) < 4.78 is 18.5. The number of nitriles is 1. The lowest BCUT2D eigenvalue weighted by Gasteiger charge is -2.11. The van der Waals surface area contributed by atoms with Crippen LogP contribution in [0.25, 0.3) is 0 Å². The smallest absolute Gasteiger partial charge is 0.337 e. The number of ether oxygens (including phenoxy) is 1. The quantitative estimate of drug-likeness (QED) is 0.872. The summed E-state index contributed by atoms with van der Waals surface area (Å²) in [5, 5.41) is 20.0. The summed E-state index contributed by atoms with van der Waals surface area (Å²) in [5.41, 5.74) is 2.25. The molecule has 0 atom stereocenters. The Morgan fingerprint density at radius 2 is 2.13 bits per heavy atom. The number of hydrogen-bond acceptors (Lipinski definition) is 6. The van der Waals surface area contributed by atoms with Crippen LogP contribution in [0.1, 0.15) is 32.7 Å². The summed E-state index contributed by atoms with van der Waals surface area (Å²) in [4.78, 5) is 11.5. The van der Waals surface area contributed by atoms with Crippen molar-refractivity contribution in [1.82, 2.24) is 10.2 Å². The lowest BCUT2D eigenvalue weighted by atomic mass is 10.1. The van der Waals surface area contributed by atoms with Crippen molar-refractivity contribution in [2.45, 2.75) is 20.4 Å². The van der Waals surface area contributed by atoms with E-state index in [-0.39, 0.29) is 23.5 Å². The van der Waals surface area contributed by atoms with Crippen LogP contribution in [0.3, 0.4) is 0 Å². The van der Waals surface area contributed by atoms with E-state index in [0.29, 0.717) is 16.8 Å². The monoisotopic (exact) mass is 314 g/mol. The van der Waals surface area contributed by atoms with Crippen LogP contribution in [0.15, 0.2) is 18.2 Å². The molecule has 0 radical (unpaired) electrons. The van der Waals surface area contributed by atoms with Gasteiger partial charge in [-0.3, -0.25) is 0 Å². The Kier molecular flexibility index (Phi) is 4.86. The highest BCUT2D eigenvalue weighted by Gasteiger charge is 2.13. The maximum absolute atomic E-state index is 13.9. The van der Waals surface area contributed by atoms with Crippen molar-refractivity contribution in [2.24, 2.45) is 0 Å². The van der Waals surface area contributed by atoms with Crippen molar-refractivity contribution in [1.29, 1.82) is 5.26 Å². The number of carbonyl (C=O) groups is 1. The minimum atomic E-state index is -0.546. The highest BCUT2D eigenvalue weighted by atomic mass is 19.1. The summed E-state index contributed by atoms with van der Waals surface area (Å²) in [6.45, 7) is 3.58. The number of aromatic nitrogens is 2. The van der Waals surface area contributed by atoms with Gasteiger partial charge in [0.05, 0.1) is 18.4 Å². The van der Waals surface area contributed by atoms with Crippen molar-refractivity contribution in [2.75, 3.05) is 12.4 Å². The van der Waals surface area contributed by atoms with E-state index in [1.807, 2.05) is 0 Å². The van der Waals surface area contributed by atoms with E-state index in [9.17, 15) is 14.4 Å². The molecule has 0 spiro atoms. The van der Waals surface area contributed by atoms with Crippen molar-refractivity contribution < 1.29 is 13.9 Å². The number of anilines is 1. The fourth-order valence-corrected chi connectivity index (χ4v) is 2.00. The lowest BCUT2D eigenvalue weighted by Crippen LogP contribution is -2.10. The van der Waals surface area contributed by atoms with Crippen LogP contribution in [-0.4, -0.2) is 23.3 Å². The molecule has 7 heteroatoms. The first kappa shape index (κ1) is 16.4. The first-order valence-electron chi connectivity index (χ1n) is 6.82. The molecule has 0 aliphatic carbocycles. The van der Waals surface area contributed by atoms with E-state index in [1.54, 1.807) is 13.8 Å². The maximum atomic E-state index is 13.9. The van der Waals surface area contributed by atoms with Gasteiger partial charge >= 0.3 is 5.97 Å². The van der Waals surface area contributed by atoms with Crippen molar-refractivity contribution in [3.63, 3.8) is 0 Å². The number of aryl methyl sites for hydroxylation is 1. The predicted molar refractivity (Wildman–Crippen MR) is 81.3 cm³/mol. The van der Waals surface area contributed by atoms with E-state index >= 15 is 0 Å². The third-order valence-electron chi connectivity index (χ3n) is 3.48. The molecule has 1 heterocycles. The third-order valence-corrected chi connectivity index (χ3v) is 3.48. The molecule has 0 amide bonds. The van der Waals surface area contributed by atoms with E-state index in [1.165, 1.54) is 25.3 Å². The van der Waals surface area contributed by atoms with Crippen LogP contribution < -0.4 is 5.32 Å². The highest BCUT2D eigenvalue weighted by molar-refractivity contribution is 5.89. The summed E-state index contributed by atoms with van der Waals surface area (Å²) >= 11 is 0. The Labute approximate surface area is 132 Å². The number of hydrogen-bond donors (Lipinski definition) is 1. The number of halogens is 1. The molecule has 6 nitrogen and oxygen atoms in total. The standard InChI is InChI=1S/C16H15FN4O2/c1-9-10(2)20-21-15(13(9)7-18)19-8-12-6-11(16(22)23-3)4-5-14(12)17/h4-6H,8H2,1-3H3,(H,19,21).